The molecular weight excluding hydrogens is 403 g/mol. The molecule has 1 aliphatic carbocycles. The van der Waals surface area contributed by atoms with Gasteiger partial charge in [-0.2, -0.15) is 0 Å². The van der Waals surface area contributed by atoms with E-state index in [1.54, 1.807) is 24.5 Å². The molecule has 2 aliphatic rings. The normalized spacial score (nSPS) is 16.5. The molecule has 6 nitrogen and oxygen atoms in total. The van der Waals surface area contributed by atoms with E-state index in [1.165, 1.54) is 30.5 Å². The summed E-state index contributed by atoms with van der Waals surface area (Å²) in [6.07, 6.45) is 9.77. The maximum atomic E-state index is 13.5. The molecule has 0 radical (unpaired) electrons. The summed E-state index contributed by atoms with van der Waals surface area (Å²) >= 11 is 0. The monoisotopic (exact) mass is 426 g/mol. The Kier molecular flexibility index (Phi) is 4.76. The highest BCUT2D eigenvalue weighted by molar-refractivity contribution is 5.95. The average molecular weight is 426 g/mol. The number of halogens is 1. The molecule has 0 amide bonds. The number of anilines is 1. The van der Waals surface area contributed by atoms with Gasteiger partial charge in [0.05, 0.1) is 11.7 Å². The number of rotatable bonds is 4. The van der Waals surface area contributed by atoms with Crippen molar-refractivity contribution < 1.29 is 4.39 Å². The van der Waals surface area contributed by atoms with Gasteiger partial charge in [0.1, 0.15) is 11.6 Å². The van der Waals surface area contributed by atoms with Crippen LogP contribution in [0.1, 0.15) is 24.3 Å². The third-order valence-corrected chi connectivity index (χ3v) is 6.27. The fraction of sp³-hybridized carbons (Fsp3) is 0.280. The number of pyridine rings is 2. The topological polar surface area (TPSA) is 66.8 Å². The fourth-order valence-corrected chi connectivity index (χ4v) is 4.47. The van der Waals surface area contributed by atoms with Crippen LogP contribution in [0.3, 0.4) is 0 Å². The summed E-state index contributed by atoms with van der Waals surface area (Å²) < 4.78 is 13.5. The van der Waals surface area contributed by atoms with E-state index in [2.05, 4.69) is 20.2 Å². The lowest BCUT2D eigenvalue weighted by Crippen LogP contribution is -2.44. The quantitative estimate of drug-likeness (QED) is 0.528. The van der Waals surface area contributed by atoms with Crippen molar-refractivity contribution in [3.63, 3.8) is 0 Å². The van der Waals surface area contributed by atoms with Gasteiger partial charge in [0.2, 0.25) is 0 Å². The number of hydrogen-bond acceptors (Lipinski definition) is 6. The predicted octanol–water partition coefficient (Wildman–Crippen LogP) is 4.18. The summed E-state index contributed by atoms with van der Waals surface area (Å²) in [4.78, 5) is 21.3. The van der Waals surface area contributed by atoms with Gasteiger partial charge >= 0.3 is 0 Å². The second-order valence-corrected chi connectivity index (χ2v) is 8.43. The zero-order valence-corrected chi connectivity index (χ0v) is 17.6. The maximum absolute atomic E-state index is 13.5. The van der Waals surface area contributed by atoms with Crippen LogP contribution in [0, 0.1) is 5.82 Å². The van der Waals surface area contributed by atoms with E-state index in [-0.39, 0.29) is 5.82 Å². The largest absolute Gasteiger partial charge is 0.353 e. The number of aromatic nitrogens is 4. The van der Waals surface area contributed by atoms with Gasteiger partial charge in [0.15, 0.2) is 5.82 Å². The van der Waals surface area contributed by atoms with Crippen molar-refractivity contribution in [3.05, 3.63) is 66.5 Å². The first-order valence-electron chi connectivity index (χ1n) is 11.1. The number of hydrogen-bond donors (Lipinski definition) is 1. The zero-order chi connectivity index (χ0) is 21.5. The Labute approximate surface area is 185 Å². The van der Waals surface area contributed by atoms with Crippen LogP contribution < -0.4 is 10.2 Å². The molecule has 4 aromatic rings. The van der Waals surface area contributed by atoms with Crippen LogP contribution in [0.15, 0.2) is 55.1 Å². The van der Waals surface area contributed by atoms with E-state index in [0.29, 0.717) is 11.7 Å². The van der Waals surface area contributed by atoms with Gasteiger partial charge < -0.3 is 10.2 Å². The highest BCUT2D eigenvalue weighted by Gasteiger charge is 2.29. The Morgan fingerprint density at radius 2 is 1.69 bits per heavy atom. The van der Waals surface area contributed by atoms with Crippen LogP contribution in [0.2, 0.25) is 0 Å². The molecule has 1 saturated carbocycles. The Morgan fingerprint density at radius 1 is 0.875 bits per heavy atom. The molecule has 160 valence electrons. The van der Waals surface area contributed by atoms with Crippen molar-refractivity contribution in [2.75, 3.05) is 31.1 Å². The molecule has 6 rings (SSSR count). The lowest BCUT2D eigenvalue weighted by Gasteiger charge is -2.30. The maximum Gasteiger partial charge on any atom is 0.162 e. The molecule has 2 fully saturated rings. The van der Waals surface area contributed by atoms with Crippen LogP contribution >= 0.6 is 0 Å². The third-order valence-electron chi connectivity index (χ3n) is 6.27. The molecule has 7 heteroatoms. The summed E-state index contributed by atoms with van der Waals surface area (Å²) in [6.45, 7) is 3.67. The second-order valence-electron chi connectivity index (χ2n) is 8.43. The molecular formula is C25H23FN6. The van der Waals surface area contributed by atoms with Gasteiger partial charge in [-0.3, -0.25) is 9.97 Å². The zero-order valence-electron chi connectivity index (χ0n) is 17.6. The minimum absolute atomic E-state index is 0.263. The number of nitrogens with zero attached hydrogens (tertiary/aromatic N) is 5. The number of benzene rings is 1. The van der Waals surface area contributed by atoms with Crippen molar-refractivity contribution in [2.24, 2.45) is 0 Å². The molecule has 1 aromatic carbocycles. The smallest absolute Gasteiger partial charge is 0.162 e. The highest BCUT2D eigenvalue weighted by atomic mass is 19.1. The SMILES string of the molecule is Fc1ccc(-c2cnccc2-c2nc(N3CCNCC3)c3c(C4CC4)cncc3n2)cc1. The van der Waals surface area contributed by atoms with Gasteiger partial charge in [-0.1, -0.05) is 12.1 Å². The minimum atomic E-state index is -0.263. The molecule has 3 aromatic heterocycles. The lowest BCUT2D eigenvalue weighted by molar-refractivity contribution is 0.586. The van der Waals surface area contributed by atoms with Gasteiger partial charge in [0.25, 0.3) is 0 Å². The molecule has 1 saturated heterocycles. The summed E-state index contributed by atoms with van der Waals surface area (Å²) in [5.41, 5.74) is 4.77. The first-order valence-corrected chi connectivity index (χ1v) is 11.1. The van der Waals surface area contributed by atoms with Crippen LogP contribution in [-0.4, -0.2) is 46.1 Å². The van der Waals surface area contributed by atoms with Crippen molar-refractivity contribution in [2.45, 2.75) is 18.8 Å². The number of fused-ring (bicyclic) bond motifs is 1. The van der Waals surface area contributed by atoms with Crippen molar-refractivity contribution in [3.8, 4) is 22.5 Å². The predicted molar refractivity (Wildman–Crippen MR) is 123 cm³/mol. The second kappa shape index (κ2) is 7.91. The Bertz CT molecular complexity index is 1280. The summed E-state index contributed by atoms with van der Waals surface area (Å²) in [5, 5.41) is 4.56. The van der Waals surface area contributed by atoms with E-state index in [4.69, 9.17) is 9.97 Å². The van der Waals surface area contributed by atoms with Gasteiger partial charge in [-0.05, 0) is 48.1 Å². The number of nitrogens with one attached hydrogen (secondary N) is 1. The summed E-state index contributed by atoms with van der Waals surface area (Å²) in [5.74, 6) is 1.92. The van der Waals surface area contributed by atoms with E-state index in [9.17, 15) is 4.39 Å². The molecule has 0 bridgehead atoms. The van der Waals surface area contributed by atoms with Crippen LogP contribution in [0.5, 0.6) is 0 Å². The van der Waals surface area contributed by atoms with E-state index in [1.807, 2.05) is 18.5 Å². The summed E-state index contributed by atoms with van der Waals surface area (Å²) in [7, 11) is 0. The molecule has 0 atom stereocenters. The van der Waals surface area contributed by atoms with Crippen LogP contribution in [-0.2, 0) is 0 Å². The van der Waals surface area contributed by atoms with Crippen molar-refractivity contribution in [1.29, 1.82) is 0 Å². The van der Waals surface area contributed by atoms with E-state index >= 15 is 0 Å². The lowest BCUT2D eigenvalue weighted by atomic mass is 10.0. The van der Waals surface area contributed by atoms with Gasteiger partial charge in [0, 0.05) is 61.3 Å². The van der Waals surface area contributed by atoms with E-state index < -0.39 is 0 Å². The Morgan fingerprint density at radius 3 is 2.47 bits per heavy atom. The summed E-state index contributed by atoms with van der Waals surface area (Å²) in [6, 6.07) is 8.39. The van der Waals surface area contributed by atoms with E-state index in [0.717, 1.165) is 59.6 Å². The van der Waals surface area contributed by atoms with Crippen molar-refractivity contribution >= 4 is 16.7 Å². The molecule has 0 unspecified atom stereocenters. The van der Waals surface area contributed by atoms with Gasteiger partial charge in [-0.15, -0.1) is 0 Å². The first-order chi connectivity index (χ1) is 15.8. The highest BCUT2D eigenvalue weighted by Crippen LogP contribution is 2.45. The Balaban J connectivity index is 1.56. The molecule has 1 N–H and O–H groups in total. The fourth-order valence-electron chi connectivity index (χ4n) is 4.47. The minimum Gasteiger partial charge on any atom is -0.353 e. The Hall–Kier alpha value is -3.45. The first kappa shape index (κ1) is 19.3. The molecule has 32 heavy (non-hydrogen) atoms. The van der Waals surface area contributed by atoms with Crippen molar-refractivity contribution in [1.82, 2.24) is 25.3 Å². The van der Waals surface area contributed by atoms with Crippen LogP contribution in [0.4, 0.5) is 10.2 Å². The van der Waals surface area contributed by atoms with Gasteiger partial charge in [-0.25, -0.2) is 14.4 Å². The third kappa shape index (κ3) is 3.48. The standard InChI is InChI=1S/C25H23FN6/c26-18-5-3-16(4-6-18)20-13-28-8-7-19(20)24-30-22-15-29-14-21(17-1-2-17)23(22)25(31-24)32-11-9-27-10-12-32/h3-8,13-15,17,27H,1-2,9-12H2. The van der Waals surface area contributed by atoms with Crippen LogP contribution in [0.25, 0.3) is 33.4 Å². The molecule has 0 spiro atoms. The average Bonchev–Trinajstić information content (AvgIpc) is 3.69. The number of piperazine rings is 1. The molecule has 1 aliphatic heterocycles. The molecule has 4 heterocycles.